The highest BCUT2D eigenvalue weighted by Gasteiger charge is 2.15. The average molecular weight is 409 g/mol. The number of hydrogen-bond donors (Lipinski definition) is 3. The van der Waals surface area contributed by atoms with Crippen molar-refractivity contribution in [1.82, 2.24) is 0 Å². The number of nitriles is 1. The van der Waals surface area contributed by atoms with Crippen LogP contribution >= 0.6 is 43.5 Å². The smallest absolute Gasteiger partial charge is 0.201 e. The second-order valence-corrected chi connectivity index (χ2v) is 5.21. The quantitative estimate of drug-likeness (QED) is 0.403. The molecular weight excluding hydrogens is 401 g/mol. The van der Waals surface area contributed by atoms with Gasteiger partial charge in [0.1, 0.15) is 11.8 Å². The van der Waals surface area contributed by atoms with Gasteiger partial charge in [-0.25, -0.2) is 0 Å². The molecule has 1 aromatic rings. The highest BCUT2D eigenvalue weighted by Crippen LogP contribution is 2.43. The predicted molar refractivity (Wildman–Crippen MR) is 82.0 cm³/mol. The van der Waals surface area contributed by atoms with E-state index < -0.39 is 5.84 Å². The van der Waals surface area contributed by atoms with Crippen molar-refractivity contribution in [3.8, 4) is 11.8 Å². The second kappa shape index (κ2) is 6.75. The van der Waals surface area contributed by atoms with Crippen LogP contribution < -0.4 is 15.9 Å². The summed E-state index contributed by atoms with van der Waals surface area (Å²) >= 11 is 12.7. The highest BCUT2D eigenvalue weighted by molar-refractivity contribution is 9.11. The van der Waals surface area contributed by atoms with E-state index >= 15 is 0 Å². The van der Waals surface area contributed by atoms with E-state index in [9.17, 15) is 0 Å². The molecule has 4 N–H and O–H groups in total. The Morgan fingerprint density at radius 3 is 2.74 bits per heavy atom. The zero-order chi connectivity index (χ0) is 14.6. The number of amidine groups is 1. The number of hydrogen-bond acceptors (Lipinski definition) is 5. The molecule has 0 radical (unpaired) electrons. The maximum Gasteiger partial charge on any atom is 0.201 e. The summed E-state index contributed by atoms with van der Waals surface area (Å²) in [5, 5.41) is 19.9. The summed E-state index contributed by atoms with van der Waals surface area (Å²) in [5.41, 5.74) is 7.91. The molecule has 6 nitrogen and oxygen atoms in total. The van der Waals surface area contributed by atoms with Crippen LogP contribution in [0.25, 0.3) is 0 Å². The van der Waals surface area contributed by atoms with Gasteiger partial charge >= 0.3 is 0 Å². The molecule has 1 rings (SSSR count). The Morgan fingerprint density at radius 2 is 2.26 bits per heavy atom. The number of hydrazone groups is 1. The summed E-state index contributed by atoms with van der Waals surface area (Å²) in [6.07, 6.45) is 0. The van der Waals surface area contributed by atoms with Crippen LogP contribution in [0.15, 0.2) is 20.1 Å². The minimum atomic E-state index is -0.439. The first-order valence-corrected chi connectivity index (χ1v) is 6.68. The molecular formula is C10H8Br2ClN5O. The summed E-state index contributed by atoms with van der Waals surface area (Å²) < 4.78 is 6.37. The summed E-state index contributed by atoms with van der Waals surface area (Å²) in [6.45, 7) is 0. The molecule has 19 heavy (non-hydrogen) atoms. The Kier molecular flexibility index (Phi) is 5.60. The third-order valence-electron chi connectivity index (χ3n) is 1.97. The van der Waals surface area contributed by atoms with Crippen LogP contribution in [0.5, 0.6) is 5.75 Å². The molecule has 1 aromatic carbocycles. The van der Waals surface area contributed by atoms with E-state index in [1.807, 2.05) is 0 Å². The van der Waals surface area contributed by atoms with Crippen molar-refractivity contribution in [2.75, 3.05) is 12.5 Å². The van der Waals surface area contributed by atoms with Gasteiger partial charge in [-0.1, -0.05) is 11.6 Å². The Morgan fingerprint density at radius 1 is 1.63 bits per heavy atom. The van der Waals surface area contributed by atoms with Crippen LogP contribution in [0.2, 0.25) is 5.02 Å². The fourth-order valence-electron chi connectivity index (χ4n) is 1.12. The predicted octanol–water partition coefficient (Wildman–Crippen LogP) is 3.10. The first-order chi connectivity index (χ1) is 8.92. The van der Waals surface area contributed by atoms with E-state index in [1.54, 1.807) is 12.1 Å². The number of nitrogens with two attached hydrogens (primary N) is 1. The third kappa shape index (κ3) is 3.59. The lowest BCUT2D eigenvalue weighted by molar-refractivity contribution is 0.409. The van der Waals surface area contributed by atoms with Gasteiger partial charge in [-0.3, -0.25) is 10.8 Å². The topological polar surface area (TPSA) is 107 Å². The number of nitrogens with one attached hydrogen (secondary N) is 2. The van der Waals surface area contributed by atoms with Gasteiger partial charge in [-0.15, -0.1) is 0 Å². The van der Waals surface area contributed by atoms with Gasteiger partial charge in [0.25, 0.3) is 0 Å². The second-order valence-electron chi connectivity index (χ2n) is 3.16. The van der Waals surface area contributed by atoms with Crippen molar-refractivity contribution in [3.63, 3.8) is 0 Å². The number of halogens is 3. The summed E-state index contributed by atoms with van der Waals surface area (Å²) in [6, 6.07) is 3.30. The van der Waals surface area contributed by atoms with Gasteiger partial charge in [0, 0.05) is 0 Å². The van der Waals surface area contributed by atoms with E-state index in [4.69, 9.17) is 32.7 Å². The van der Waals surface area contributed by atoms with Gasteiger partial charge in [0.05, 0.1) is 26.8 Å². The van der Waals surface area contributed by atoms with E-state index in [-0.39, 0.29) is 5.71 Å². The van der Waals surface area contributed by atoms with Crippen LogP contribution in [0.4, 0.5) is 5.69 Å². The monoisotopic (exact) mass is 407 g/mol. The molecule has 0 aromatic heterocycles. The maximum absolute atomic E-state index is 8.74. The fraction of sp³-hybridized carbons (Fsp3) is 0.100. The molecule has 0 aliphatic carbocycles. The minimum absolute atomic E-state index is 0.246. The molecule has 0 atom stereocenters. The molecule has 0 amide bonds. The van der Waals surface area contributed by atoms with E-state index in [0.29, 0.717) is 25.4 Å². The van der Waals surface area contributed by atoms with Crippen LogP contribution in [-0.4, -0.2) is 18.7 Å². The molecule has 0 heterocycles. The van der Waals surface area contributed by atoms with E-state index in [1.165, 1.54) is 7.11 Å². The van der Waals surface area contributed by atoms with E-state index in [2.05, 4.69) is 42.4 Å². The lowest BCUT2D eigenvalue weighted by atomic mass is 10.3. The molecule has 0 aliphatic heterocycles. The van der Waals surface area contributed by atoms with Crippen LogP contribution in [0.1, 0.15) is 0 Å². The Labute approximate surface area is 131 Å². The maximum atomic E-state index is 8.74. The number of methoxy groups -OCH3 is 1. The number of nitrogens with zero attached hydrogens (tertiary/aromatic N) is 2. The van der Waals surface area contributed by atoms with Gasteiger partial charge in [0.15, 0.2) is 5.84 Å². The van der Waals surface area contributed by atoms with Crippen molar-refractivity contribution >= 4 is 60.7 Å². The van der Waals surface area contributed by atoms with Crippen molar-refractivity contribution in [2.45, 2.75) is 0 Å². The van der Waals surface area contributed by atoms with Gasteiger partial charge in [-0.2, -0.15) is 10.4 Å². The first kappa shape index (κ1) is 15.8. The third-order valence-corrected chi connectivity index (χ3v) is 3.62. The molecule has 100 valence electrons. The van der Waals surface area contributed by atoms with Gasteiger partial charge < -0.3 is 10.5 Å². The Bertz CT molecular complexity index is 597. The molecule has 9 heteroatoms. The highest BCUT2D eigenvalue weighted by atomic mass is 79.9. The Hall–Kier alpha value is -1.30. The normalized spacial score (nSPS) is 10.8. The number of rotatable bonds is 4. The van der Waals surface area contributed by atoms with E-state index in [0.717, 1.165) is 0 Å². The Balaban J connectivity index is 3.23. The van der Waals surface area contributed by atoms with Crippen molar-refractivity contribution in [3.05, 3.63) is 20.0 Å². The van der Waals surface area contributed by atoms with Crippen molar-refractivity contribution in [2.24, 2.45) is 10.8 Å². The van der Waals surface area contributed by atoms with Crippen LogP contribution in [0, 0.1) is 16.7 Å². The SMILES string of the molecule is COc1c(Br)cc(Cl)c(N/N=C(\C#N)C(=N)N)c1Br. The zero-order valence-corrected chi connectivity index (χ0v) is 13.5. The van der Waals surface area contributed by atoms with Crippen molar-refractivity contribution in [1.29, 1.82) is 10.7 Å². The molecule has 0 aliphatic rings. The number of anilines is 1. The fourth-order valence-corrected chi connectivity index (χ4v) is 3.14. The number of ether oxygens (including phenoxy) is 1. The molecule has 0 fully saturated rings. The lowest BCUT2D eigenvalue weighted by Crippen LogP contribution is -2.22. The molecule has 0 bridgehead atoms. The van der Waals surface area contributed by atoms with Crippen molar-refractivity contribution < 1.29 is 4.74 Å². The zero-order valence-electron chi connectivity index (χ0n) is 9.59. The lowest BCUT2D eigenvalue weighted by Gasteiger charge is -2.12. The largest absolute Gasteiger partial charge is 0.494 e. The van der Waals surface area contributed by atoms with Crippen LogP contribution in [0.3, 0.4) is 0 Å². The molecule has 0 saturated heterocycles. The summed E-state index contributed by atoms with van der Waals surface area (Å²) in [5.74, 6) is 0.0785. The standard InChI is InChI=1S/C10H8Br2ClN5O/c1-19-9-4(11)2-5(13)8(7(9)12)18-17-6(3-14)10(15)16/h2,18H,1H3,(H3,15,16)/b17-6+. The summed E-state index contributed by atoms with van der Waals surface area (Å²) in [7, 11) is 1.50. The van der Waals surface area contributed by atoms with Gasteiger partial charge in [-0.05, 0) is 37.9 Å². The molecule has 0 unspecified atom stereocenters. The first-order valence-electron chi connectivity index (χ1n) is 4.72. The molecule has 0 spiro atoms. The van der Waals surface area contributed by atoms with Gasteiger partial charge in [0.2, 0.25) is 5.71 Å². The molecule has 0 saturated carbocycles. The summed E-state index contributed by atoms with van der Waals surface area (Å²) in [4.78, 5) is 0. The number of benzene rings is 1. The van der Waals surface area contributed by atoms with Crippen LogP contribution in [-0.2, 0) is 0 Å². The average Bonchev–Trinajstić information content (AvgIpc) is 2.33. The minimum Gasteiger partial charge on any atom is -0.494 e.